The molecule has 334 valence electrons. The summed E-state index contributed by atoms with van der Waals surface area (Å²) in [5, 5.41) is 40.8. The molecule has 1 fully saturated rings. The van der Waals surface area contributed by atoms with Gasteiger partial charge in [-0.1, -0.05) is 174 Å². The van der Waals surface area contributed by atoms with Gasteiger partial charge < -0.3 is 29.9 Å². The molecule has 0 aromatic rings. The Morgan fingerprint density at radius 2 is 1.14 bits per heavy atom. The summed E-state index contributed by atoms with van der Waals surface area (Å²) >= 11 is 0. The molecule has 1 rings (SSSR count). The molecule has 0 aromatic carbocycles. The van der Waals surface area contributed by atoms with Crippen molar-refractivity contribution in [3.63, 3.8) is 0 Å². The highest BCUT2D eigenvalue weighted by molar-refractivity contribution is 5.79. The Balaban J connectivity index is 2.02. The topological polar surface area (TPSA) is 151 Å². The minimum absolute atomic E-state index is 0.0474. The van der Waals surface area contributed by atoms with E-state index < -0.39 is 48.8 Å². The third-order valence-corrected chi connectivity index (χ3v) is 12.1. The van der Waals surface area contributed by atoms with Crippen LogP contribution in [0.1, 0.15) is 220 Å². The Labute approximate surface area is 348 Å². The van der Waals surface area contributed by atoms with Crippen molar-refractivity contribution in [1.29, 1.82) is 0 Å². The average Bonchev–Trinajstić information content (AvgIpc) is 3.46. The Morgan fingerprint density at radius 3 is 1.68 bits per heavy atom. The molecule has 9 heteroatoms. The van der Waals surface area contributed by atoms with Gasteiger partial charge in [-0.15, -0.1) is 0 Å². The zero-order chi connectivity index (χ0) is 41.9. The molecule has 1 aliphatic rings. The second kappa shape index (κ2) is 36.1. The number of aliphatic hydroxyl groups excluding tert-OH is 4. The first-order valence-corrected chi connectivity index (χ1v) is 23.8. The highest BCUT2D eigenvalue weighted by atomic mass is 16.6. The molecule has 0 radical (unpaired) electrons. The number of hydrogen-bond acceptors (Lipinski definition) is 9. The largest absolute Gasteiger partial charge is 0.462 e. The number of hydrogen-bond donors (Lipinski definition) is 4. The van der Waals surface area contributed by atoms with Crippen molar-refractivity contribution in [3.8, 4) is 0 Å². The van der Waals surface area contributed by atoms with Crippen LogP contribution in [0.25, 0.3) is 0 Å². The van der Waals surface area contributed by atoms with Crippen LogP contribution in [-0.2, 0) is 23.9 Å². The lowest BCUT2D eigenvalue weighted by Gasteiger charge is -2.20. The average molecular weight is 809 g/mol. The zero-order valence-corrected chi connectivity index (χ0v) is 36.9. The van der Waals surface area contributed by atoms with Gasteiger partial charge in [-0.3, -0.25) is 14.4 Å². The molecular formula is C48H88O9. The number of carbonyl (C=O) groups excluding carboxylic acids is 3. The predicted octanol–water partition coefficient (Wildman–Crippen LogP) is 10.7. The van der Waals surface area contributed by atoms with Gasteiger partial charge in [0, 0.05) is 43.9 Å². The summed E-state index contributed by atoms with van der Waals surface area (Å²) in [4.78, 5) is 37.3. The number of ketones is 1. The lowest BCUT2D eigenvalue weighted by atomic mass is 9.87. The van der Waals surface area contributed by atoms with E-state index in [-0.39, 0.29) is 44.0 Å². The predicted molar refractivity (Wildman–Crippen MR) is 231 cm³/mol. The smallest absolute Gasteiger partial charge is 0.306 e. The molecule has 1 aliphatic carbocycles. The van der Waals surface area contributed by atoms with Crippen LogP contribution < -0.4 is 0 Å². The second-order valence-electron chi connectivity index (χ2n) is 17.4. The highest BCUT2D eigenvalue weighted by Gasteiger charge is 2.41. The van der Waals surface area contributed by atoms with Crippen molar-refractivity contribution >= 4 is 17.7 Å². The van der Waals surface area contributed by atoms with Crippen LogP contribution in [0.4, 0.5) is 0 Å². The Kier molecular flexibility index (Phi) is 33.7. The van der Waals surface area contributed by atoms with E-state index >= 15 is 0 Å². The standard InChI is InChI=1S/C48H88O9/c1-4-6-23-29-40(50)33-34-43-44(46(53)36-45(43)52)35-41(51)30-26-27-32-48(55)57-42(37-49)38-56-47(54)31-25-22-20-18-16-14-12-10-8-7-9-11-13-15-17-19-21-24-28-39(3)5-2/h33-34,39-40,42-46,49-50,52-53H,4-32,35-38H2,1-3H3/b34-33+/t39?,40-,42-,43+,44+,45+,46-/m0/s1. The molecule has 0 amide bonds. The van der Waals surface area contributed by atoms with E-state index in [1.165, 1.54) is 109 Å². The number of Topliss-reactive ketones (excluding diaryl/α,β-unsaturated/α-hetero) is 1. The molecule has 0 aromatic heterocycles. The minimum Gasteiger partial charge on any atom is -0.462 e. The van der Waals surface area contributed by atoms with E-state index in [0.717, 1.165) is 44.4 Å². The lowest BCUT2D eigenvalue weighted by molar-refractivity contribution is -0.161. The number of carbonyl (C=O) groups is 3. The molecule has 0 saturated heterocycles. The lowest BCUT2D eigenvalue weighted by Crippen LogP contribution is -2.28. The fraction of sp³-hybridized carbons (Fsp3) is 0.896. The van der Waals surface area contributed by atoms with Gasteiger partial charge in [0.05, 0.1) is 24.9 Å². The highest BCUT2D eigenvalue weighted by Crippen LogP contribution is 2.36. The third-order valence-electron chi connectivity index (χ3n) is 12.1. The summed E-state index contributed by atoms with van der Waals surface area (Å²) in [5.41, 5.74) is 0. The first-order valence-electron chi connectivity index (χ1n) is 23.8. The maximum atomic E-state index is 12.7. The molecule has 1 saturated carbocycles. The van der Waals surface area contributed by atoms with Crippen LogP contribution in [0.5, 0.6) is 0 Å². The van der Waals surface area contributed by atoms with Gasteiger partial charge in [-0.25, -0.2) is 0 Å². The SMILES string of the molecule is CCCCC[C@H](O)/C=C/[C@@H]1[C@@H](CC(=O)CCCCC(=O)O[C@@H](CO)COC(=O)CCCCCCCCCCCCCCCCCCCCC(C)CC)[C@@H](O)C[C@H]1O. The molecule has 4 N–H and O–H groups in total. The van der Waals surface area contributed by atoms with E-state index in [1.54, 1.807) is 12.2 Å². The normalized spacial score (nSPS) is 19.8. The van der Waals surface area contributed by atoms with Crippen molar-refractivity contribution in [2.45, 2.75) is 244 Å². The summed E-state index contributed by atoms with van der Waals surface area (Å²) in [6.07, 6.45) is 31.9. The number of unbranched alkanes of at least 4 members (excludes halogenated alkanes) is 20. The van der Waals surface area contributed by atoms with Crippen molar-refractivity contribution in [2.75, 3.05) is 13.2 Å². The van der Waals surface area contributed by atoms with Gasteiger partial charge in [-0.05, 0) is 31.6 Å². The molecular weight excluding hydrogens is 721 g/mol. The third kappa shape index (κ3) is 29.1. The van der Waals surface area contributed by atoms with Gasteiger partial charge in [0.1, 0.15) is 12.4 Å². The molecule has 57 heavy (non-hydrogen) atoms. The Bertz CT molecular complexity index is 1020. The van der Waals surface area contributed by atoms with Crippen molar-refractivity contribution in [3.05, 3.63) is 12.2 Å². The van der Waals surface area contributed by atoms with Gasteiger partial charge in [0.25, 0.3) is 0 Å². The molecule has 0 heterocycles. The van der Waals surface area contributed by atoms with Crippen LogP contribution in [0.15, 0.2) is 12.2 Å². The molecule has 7 atom stereocenters. The quantitative estimate of drug-likeness (QED) is 0.0270. The summed E-state index contributed by atoms with van der Waals surface area (Å²) in [6.45, 7) is 6.14. The van der Waals surface area contributed by atoms with E-state index in [9.17, 15) is 34.8 Å². The first kappa shape index (κ1) is 53.2. The Hall–Kier alpha value is -1.81. The van der Waals surface area contributed by atoms with Crippen LogP contribution in [-0.4, -0.2) is 75.8 Å². The first-order chi connectivity index (χ1) is 27.6. The zero-order valence-electron chi connectivity index (χ0n) is 36.9. The molecule has 0 aliphatic heterocycles. The van der Waals surface area contributed by atoms with Crippen LogP contribution in [0, 0.1) is 17.8 Å². The van der Waals surface area contributed by atoms with Crippen molar-refractivity contribution < 1.29 is 44.3 Å². The summed E-state index contributed by atoms with van der Waals surface area (Å²) in [7, 11) is 0. The summed E-state index contributed by atoms with van der Waals surface area (Å²) < 4.78 is 10.6. The van der Waals surface area contributed by atoms with Crippen LogP contribution in [0.3, 0.4) is 0 Å². The molecule has 0 bridgehead atoms. The number of esters is 2. The van der Waals surface area contributed by atoms with E-state index in [4.69, 9.17) is 9.47 Å². The molecule has 0 spiro atoms. The van der Waals surface area contributed by atoms with Gasteiger partial charge in [-0.2, -0.15) is 0 Å². The van der Waals surface area contributed by atoms with E-state index in [1.807, 2.05) is 0 Å². The van der Waals surface area contributed by atoms with Gasteiger partial charge >= 0.3 is 11.9 Å². The number of rotatable bonds is 39. The number of ether oxygens (including phenoxy) is 2. The number of aliphatic hydroxyl groups is 4. The van der Waals surface area contributed by atoms with Crippen molar-refractivity contribution in [2.24, 2.45) is 17.8 Å². The van der Waals surface area contributed by atoms with Crippen molar-refractivity contribution in [1.82, 2.24) is 0 Å². The monoisotopic (exact) mass is 809 g/mol. The minimum atomic E-state index is -0.919. The maximum Gasteiger partial charge on any atom is 0.306 e. The fourth-order valence-electron chi connectivity index (χ4n) is 8.00. The molecule has 1 unspecified atom stereocenters. The summed E-state index contributed by atoms with van der Waals surface area (Å²) in [6, 6.07) is 0. The van der Waals surface area contributed by atoms with Gasteiger partial charge in [0.15, 0.2) is 6.10 Å². The van der Waals surface area contributed by atoms with E-state index in [2.05, 4.69) is 20.8 Å². The van der Waals surface area contributed by atoms with Crippen LogP contribution >= 0.6 is 0 Å². The van der Waals surface area contributed by atoms with Crippen LogP contribution in [0.2, 0.25) is 0 Å². The summed E-state index contributed by atoms with van der Waals surface area (Å²) in [5.74, 6) is -0.819. The molecule has 9 nitrogen and oxygen atoms in total. The maximum absolute atomic E-state index is 12.7. The Morgan fingerprint density at radius 1 is 0.649 bits per heavy atom. The van der Waals surface area contributed by atoms with Gasteiger partial charge in [0.2, 0.25) is 0 Å². The second-order valence-corrected chi connectivity index (χ2v) is 17.4. The fourth-order valence-corrected chi connectivity index (χ4v) is 8.00. The van der Waals surface area contributed by atoms with E-state index in [0.29, 0.717) is 25.7 Å².